The fraction of sp³-hybridized carbons (Fsp3) is 0.563. The zero-order valence-corrected chi connectivity index (χ0v) is 49.1. The van der Waals surface area contributed by atoms with E-state index in [1.165, 1.54) is 70.6 Å². The third-order valence-corrected chi connectivity index (χ3v) is 12.2. The number of carbonyl (C=O) groups is 3. The molecule has 77 heavy (non-hydrogen) atoms. The van der Waals surface area contributed by atoms with Gasteiger partial charge >= 0.3 is 17.9 Å². The normalized spacial score (nSPS) is 13.3. The molecule has 0 heterocycles. The van der Waals surface area contributed by atoms with Crippen LogP contribution in [0.4, 0.5) is 0 Å². The highest BCUT2D eigenvalue weighted by molar-refractivity contribution is 5.71. The third-order valence-electron chi connectivity index (χ3n) is 12.2. The molecule has 0 radical (unpaired) electrons. The average molecular weight is 1060 g/mol. The molecule has 0 spiro atoms. The molecule has 6 nitrogen and oxygen atoms in total. The number of hydrogen-bond donors (Lipinski definition) is 0. The molecule has 1 atom stereocenters. The number of allylic oxidation sites excluding steroid dienone is 28. The van der Waals surface area contributed by atoms with E-state index in [0.717, 1.165) is 116 Å². The fourth-order valence-electron chi connectivity index (χ4n) is 7.67. The maximum Gasteiger partial charge on any atom is 0.306 e. The summed E-state index contributed by atoms with van der Waals surface area (Å²) >= 11 is 0. The number of rotatable bonds is 53. The lowest BCUT2D eigenvalue weighted by Crippen LogP contribution is -2.30. The van der Waals surface area contributed by atoms with Crippen molar-refractivity contribution in [3.63, 3.8) is 0 Å². The van der Waals surface area contributed by atoms with Crippen LogP contribution in [-0.2, 0) is 28.6 Å². The molecule has 0 fully saturated rings. The van der Waals surface area contributed by atoms with Crippen molar-refractivity contribution in [2.24, 2.45) is 0 Å². The van der Waals surface area contributed by atoms with Crippen molar-refractivity contribution >= 4 is 17.9 Å². The van der Waals surface area contributed by atoms with E-state index in [1.54, 1.807) is 0 Å². The Labute approximate surface area is 472 Å². The molecule has 0 aromatic carbocycles. The molecular weight excluding hydrogens is 949 g/mol. The number of unbranched alkanes of at least 4 members (excludes halogenated alkanes) is 14. The summed E-state index contributed by atoms with van der Waals surface area (Å²) in [5.41, 5.74) is 0. The van der Waals surface area contributed by atoms with Crippen LogP contribution >= 0.6 is 0 Å². The highest BCUT2D eigenvalue weighted by Crippen LogP contribution is 2.14. The van der Waals surface area contributed by atoms with Crippen LogP contribution in [0.1, 0.15) is 239 Å². The van der Waals surface area contributed by atoms with E-state index in [0.29, 0.717) is 19.3 Å². The van der Waals surface area contributed by atoms with Crippen LogP contribution in [0, 0.1) is 0 Å². The minimum absolute atomic E-state index is 0.135. The van der Waals surface area contributed by atoms with E-state index in [1.807, 2.05) is 0 Å². The lowest BCUT2D eigenvalue weighted by atomic mass is 10.1. The van der Waals surface area contributed by atoms with Gasteiger partial charge in [-0.2, -0.15) is 0 Å². The first-order valence-electron chi connectivity index (χ1n) is 30.6. The SMILES string of the molecule is CC/C=C\C/C=C\C/C=C\C/C=C\C/C=C\C/C=C\C/C=C\CCCC(=O)OCC(COC(=O)CCC/C=C\C/C=C\C/C=C\C/C=C\C/C=C\CC)OC(=O)CCCCCCCCCCC/C=C\C/C=C\CCCCC. The van der Waals surface area contributed by atoms with E-state index in [2.05, 4.69) is 191 Å². The minimum Gasteiger partial charge on any atom is -0.462 e. The highest BCUT2D eigenvalue weighted by atomic mass is 16.6. The van der Waals surface area contributed by atoms with Gasteiger partial charge in [0.15, 0.2) is 6.10 Å². The van der Waals surface area contributed by atoms with Crippen LogP contribution in [0.2, 0.25) is 0 Å². The number of carbonyl (C=O) groups excluding carboxylic acids is 3. The van der Waals surface area contributed by atoms with Crippen LogP contribution in [0.3, 0.4) is 0 Å². The molecule has 0 aromatic rings. The van der Waals surface area contributed by atoms with Crippen LogP contribution in [0.15, 0.2) is 170 Å². The maximum absolute atomic E-state index is 12.9. The van der Waals surface area contributed by atoms with Crippen molar-refractivity contribution in [2.45, 2.75) is 245 Å². The van der Waals surface area contributed by atoms with Gasteiger partial charge in [-0.15, -0.1) is 0 Å². The Balaban J connectivity index is 4.60. The van der Waals surface area contributed by atoms with Crippen molar-refractivity contribution in [2.75, 3.05) is 13.2 Å². The Bertz CT molecular complexity index is 1790. The molecule has 0 aliphatic carbocycles. The number of hydrogen-bond acceptors (Lipinski definition) is 6. The van der Waals surface area contributed by atoms with Gasteiger partial charge in [-0.1, -0.05) is 249 Å². The highest BCUT2D eigenvalue weighted by Gasteiger charge is 2.19. The second kappa shape index (κ2) is 63.3. The molecule has 0 bridgehead atoms. The summed E-state index contributed by atoms with van der Waals surface area (Å²) in [6.45, 7) is 6.28. The Morgan fingerprint density at radius 1 is 0.273 bits per heavy atom. The Morgan fingerprint density at radius 2 is 0.519 bits per heavy atom. The molecule has 0 aliphatic rings. The van der Waals surface area contributed by atoms with Crippen molar-refractivity contribution in [1.82, 2.24) is 0 Å². The summed E-state index contributed by atoms with van der Waals surface area (Å²) in [5.74, 6) is -1.06. The molecule has 0 saturated carbocycles. The average Bonchev–Trinajstić information content (AvgIpc) is 3.43. The lowest BCUT2D eigenvalue weighted by molar-refractivity contribution is -0.167. The van der Waals surface area contributed by atoms with E-state index < -0.39 is 6.10 Å². The van der Waals surface area contributed by atoms with Gasteiger partial charge in [0.05, 0.1) is 0 Å². The third kappa shape index (κ3) is 61.5. The second-order valence-corrected chi connectivity index (χ2v) is 19.5. The van der Waals surface area contributed by atoms with Gasteiger partial charge in [0.1, 0.15) is 13.2 Å². The van der Waals surface area contributed by atoms with Crippen molar-refractivity contribution in [3.05, 3.63) is 170 Å². The van der Waals surface area contributed by atoms with Gasteiger partial charge < -0.3 is 14.2 Å². The maximum atomic E-state index is 12.9. The number of esters is 3. The van der Waals surface area contributed by atoms with Gasteiger partial charge in [-0.05, 0) is 141 Å². The first kappa shape index (κ1) is 71.8. The largest absolute Gasteiger partial charge is 0.462 e. The van der Waals surface area contributed by atoms with Crippen LogP contribution in [0.5, 0.6) is 0 Å². The minimum atomic E-state index is -0.838. The monoisotopic (exact) mass is 1060 g/mol. The van der Waals surface area contributed by atoms with Gasteiger partial charge in [0.25, 0.3) is 0 Å². The lowest BCUT2D eigenvalue weighted by Gasteiger charge is -2.18. The van der Waals surface area contributed by atoms with E-state index in [9.17, 15) is 14.4 Å². The smallest absolute Gasteiger partial charge is 0.306 e. The molecule has 6 heteroatoms. The van der Waals surface area contributed by atoms with E-state index in [-0.39, 0.29) is 44.0 Å². The molecule has 0 N–H and O–H groups in total. The summed E-state index contributed by atoms with van der Waals surface area (Å²) in [5, 5.41) is 0. The second-order valence-electron chi connectivity index (χ2n) is 19.5. The van der Waals surface area contributed by atoms with E-state index in [4.69, 9.17) is 14.2 Å². The van der Waals surface area contributed by atoms with Crippen LogP contribution in [0.25, 0.3) is 0 Å². The zero-order chi connectivity index (χ0) is 55.7. The Morgan fingerprint density at radius 3 is 0.831 bits per heavy atom. The van der Waals surface area contributed by atoms with Crippen LogP contribution in [-0.4, -0.2) is 37.2 Å². The topological polar surface area (TPSA) is 78.9 Å². The zero-order valence-electron chi connectivity index (χ0n) is 49.1. The first-order valence-corrected chi connectivity index (χ1v) is 30.6. The molecular formula is C71H110O6. The fourth-order valence-corrected chi connectivity index (χ4v) is 7.67. The molecule has 0 amide bonds. The first-order chi connectivity index (χ1) is 38.0. The summed E-state index contributed by atoms with van der Waals surface area (Å²) in [6.07, 6.45) is 93.6. The van der Waals surface area contributed by atoms with Crippen LogP contribution < -0.4 is 0 Å². The van der Waals surface area contributed by atoms with Gasteiger partial charge in [0, 0.05) is 19.3 Å². The predicted molar refractivity (Wildman–Crippen MR) is 334 cm³/mol. The molecule has 0 rings (SSSR count). The molecule has 0 aromatic heterocycles. The summed E-state index contributed by atoms with van der Waals surface area (Å²) in [6, 6.07) is 0. The standard InChI is InChI=1S/C71H110O6/c1-4-7-10-13-16-19-22-25-28-31-33-34-35-36-38-40-43-46-49-52-55-58-61-64-70(73)76-67-68(66-75-69(72)63-60-57-54-51-48-45-42-39-30-27-24-21-18-15-12-9-6-3)77-71(74)65-62-59-56-53-50-47-44-41-37-32-29-26-23-20-17-14-11-8-5-2/h7,9-10,12,16-21,25-30,33-34,36,38,42-43,45-46,51-52,54-55,68H,4-6,8,11,13-15,22-24,31-32,35,37,39-41,44,47-50,53,56-67H2,1-3H3/b10-7-,12-9-,19-16-,20-17-,21-18-,28-25-,29-26-,30-27-,34-33-,38-36-,45-42-,46-43-,54-51-,55-52-. The molecule has 0 saturated heterocycles. The Kier molecular flexibility index (Phi) is 59.0. The number of ether oxygens (including phenoxy) is 3. The van der Waals surface area contributed by atoms with Crippen molar-refractivity contribution < 1.29 is 28.6 Å². The van der Waals surface area contributed by atoms with Crippen molar-refractivity contribution in [1.29, 1.82) is 0 Å². The molecule has 0 aliphatic heterocycles. The quantitative estimate of drug-likeness (QED) is 0.0261. The predicted octanol–water partition coefficient (Wildman–Crippen LogP) is 21.1. The van der Waals surface area contributed by atoms with Gasteiger partial charge in [-0.3, -0.25) is 14.4 Å². The summed E-state index contributed by atoms with van der Waals surface area (Å²) < 4.78 is 16.8. The molecule has 430 valence electrons. The van der Waals surface area contributed by atoms with Crippen molar-refractivity contribution in [3.8, 4) is 0 Å². The van der Waals surface area contributed by atoms with E-state index >= 15 is 0 Å². The molecule has 1 unspecified atom stereocenters. The van der Waals surface area contributed by atoms with Gasteiger partial charge in [-0.25, -0.2) is 0 Å². The van der Waals surface area contributed by atoms with Gasteiger partial charge in [0.2, 0.25) is 0 Å². The summed E-state index contributed by atoms with van der Waals surface area (Å²) in [4.78, 5) is 38.3. The summed E-state index contributed by atoms with van der Waals surface area (Å²) in [7, 11) is 0. The Hall–Kier alpha value is -5.23.